The average Bonchev–Trinajstić information content (AvgIpc) is 3.26. The number of pyridine rings is 1. The van der Waals surface area contributed by atoms with Crippen LogP contribution in [-0.4, -0.2) is 25.9 Å². The third-order valence-electron chi connectivity index (χ3n) is 4.82. The standard InChI is InChI=1S/C24H16F3N5O2/c1-15-9-18(17-7-8-21(29-13-17)24(25,26)27)11-19(10-15)22-20(12-28)30-32(31-22)14-34-23(33)16-5-3-2-4-6-16/h2-11,13H,14H2,1H3. The molecule has 7 nitrogen and oxygen atoms in total. The van der Waals surface area contributed by atoms with E-state index in [9.17, 15) is 23.2 Å². The number of benzene rings is 2. The molecular weight excluding hydrogens is 447 g/mol. The second-order valence-corrected chi connectivity index (χ2v) is 7.33. The van der Waals surface area contributed by atoms with Gasteiger partial charge in [0, 0.05) is 17.3 Å². The maximum Gasteiger partial charge on any atom is 0.433 e. The molecule has 0 N–H and O–H groups in total. The predicted molar refractivity (Wildman–Crippen MR) is 115 cm³/mol. The summed E-state index contributed by atoms with van der Waals surface area (Å²) in [6, 6.07) is 17.8. The third kappa shape index (κ3) is 4.94. The Morgan fingerprint density at radius 3 is 2.41 bits per heavy atom. The van der Waals surface area contributed by atoms with Gasteiger partial charge in [-0.1, -0.05) is 30.3 Å². The molecule has 0 amide bonds. The van der Waals surface area contributed by atoms with Gasteiger partial charge in [0.2, 0.25) is 6.73 Å². The van der Waals surface area contributed by atoms with Crippen molar-refractivity contribution in [2.24, 2.45) is 0 Å². The Balaban J connectivity index is 1.61. The van der Waals surface area contributed by atoms with Crippen LogP contribution in [0.5, 0.6) is 0 Å². The summed E-state index contributed by atoms with van der Waals surface area (Å²) in [7, 11) is 0. The summed E-state index contributed by atoms with van der Waals surface area (Å²) < 4.78 is 43.7. The van der Waals surface area contributed by atoms with Crippen molar-refractivity contribution in [2.75, 3.05) is 0 Å². The molecule has 0 aliphatic rings. The van der Waals surface area contributed by atoms with Crippen LogP contribution in [-0.2, 0) is 17.6 Å². The number of hydrogen-bond acceptors (Lipinski definition) is 6. The van der Waals surface area contributed by atoms with E-state index in [1.807, 2.05) is 13.0 Å². The zero-order valence-corrected chi connectivity index (χ0v) is 17.7. The van der Waals surface area contributed by atoms with E-state index < -0.39 is 17.8 Å². The van der Waals surface area contributed by atoms with Crippen molar-refractivity contribution in [3.8, 4) is 28.5 Å². The van der Waals surface area contributed by atoms with E-state index >= 15 is 0 Å². The Morgan fingerprint density at radius 1 is 1.03 bits per heavy atom. The molecule has 4 rings (SSSR count). The number of carbonyl (C=O) groups excluding carboxylic acids is 1. The quantitative estimate of drug-likeness (QED) is 0.386. The SMILES string of the molecule is Cc1cc(-c2ccc(C(F)(F)F)nc2)cc(-c2nn(COC(=O)c3ccccc3)nc2C#N)c1. The molecule has 0 fully saturated rings. The van der Waals surface area contributed by atoms with Gasteiger partial charge < -0.3 is 4.74 Å². The smallest absolute Gasteiger partial charge is 0.433 e. The van der Waals surface area contributed by atoms with E-state index in [4.69, 9.17) is 4.74 Å². The molecule has 170 valence electrons. The minimum Gasteiger partial charge on any atom is -0.437 e. The van der Waals surface area contributed by atoms with Gasteiger partial charge >= 0.3 is 12.1 Å². The number of esters is 1. The number of nitrogens with zero attached hydrogens (tertiary/aromatic N) is 5. The lowest BCUT2D eigenvalue weighted by atomic mass is 9.99. The summed E-state index contributed by atoms with van der Waals surface area (Å²) >= 11 is 0. The average molecular weight is 463 g/mol. The summed E-state index contributed by atoms with van der Waals surface area (Å²) in [6.45, 7) is 1.51. The highest BCUT2D eigenvalue weighted by Crippen LogP contribution is 2.31. The highest BCUT2D eigenvalue weighted by atomic mass is 19.4. The molecule has 10 heteroatoms. The Bertz CT molecular complexity index is 1370. The summed E-state index contributed by atoms with van der Waals surface area (Å²) in [4.78, 5) is 16.7. The number of carbonyl (C=O) groups is 1. The molecule has 2 heterocycles. The van der Waals surface area contributed by atoms with Crippen molar-refractivity contribution >= 4 is 5.97 Å². The number of ether oxygens (including phenoxy) is 1. The van der Waals surface area contributed by atoms with Gasteiger partial charge in [0.1, 0.15) is 17.5 Å². The molecule has 0 bridgehead atoms. The van der Waals surface area contributed by atoms with Crippen LogP contribution in [0.25, 0.3) is 22.4 Å². The van der Waals surface area contributed by atoms with E-state index in [2.05, 4.69) is 15.2 Å². The fourth-order valence-electron chi connectivity index (χ4n) is 3.27. The molecule has 0 saturated heterocycles. The lowest BCUT2D eigenvalue weighted by molar-refractivity contribution is -0.141. The zero-order chi connectivity index (χ0) is 24.3. The largest absolute Gasteiger partial charge is 0.437 e. The number of rotatable bonds is 5. The van der Waals surface area contributed by atoms with Crippen LogP contribution in [0.2, 0.25) is 0 Å². The molecule has 2 aromatic carbocycles. The fraction of sp³-hybridized carbons (Fsp3) is 0.125. The highest BCUT2D eigenvalue weighted by Gasteiger charge is 2.32. The zero-order valence-electron chi connectivity index (χ0n) is 17.7. The molecule has 0 saturated carbocycles. The second kappa shape index (κ2) is 9.15. The van der Waals surface area contributed by atoms with Crippen molar-refractivity contribution in [2.45, 2.75) is 19.8 Å². The first-order valence-electron chi connectivity index (χ1n) is 9.97. The Kier molecular flexibility index (Phi) is 6.10. The lowest BCUT2D eigenvalue weighted by Crippen LogP contribution is -2.12. The molecule has 0 radical (unpaired) electrons. The predicted octanol–water partition coefficient (Wildman–Crippen LogP) is 5.02. The minimum atomic E-state index is -4.53. The van der Waals surface area contributed by atoms with Crippen molar-refractivity contribution in [1.29, 1.82) is 5.26 Å². The number of aromatic nitrogens is 4. The minimum absolute atomic E-state index is 0.0119. The van der Waals surface area contributed by atoms with Gasteiger partial charge in [0.05, 0.1) is 5.56 Å². The summed E-state index contributed by atoms with van der Waals surface area (Å²) in [5.41, 5.74) is 2.05. The molecular formula is C24H16F3N5O2. The topological polar surface area (TPSA) is 93.7 Å². The number of aryl methyl sites for hydroxylation is 1. The van der Waals surface area contributed by atoms with Crippen LogP contribution in [0.15, 0.2) is 66.9 Å². The number of halogens is 3. The van der Waals surface area contributed by atoms with Crippen LogP contribution in [0.3, 0.4) is 0 Å². The molecule has 0 unspecified atom stereocenters. The second-order valence-electron chi connectivity index (χ2n) is 7.33. The first-order chi connectivity index (χ1) is 16.2. The van der Waals surface area contributed by atoms with Crippen LogP contribution in [0.4, 0.5) is 13.2 Å². The van der Waals surface area contributed by atoms with Crippen LogP contribution >= 0.6 is 0 Å². The maximum absolute atomic E-state index is 12.8. The van der Waals surface area contributed by atoms with E-state index in [0.717, 1.165) is 22.6 Å². The van der Waals surface area contributed by atoms with Gasteiger partial charge in [0.15, 0.2) is 5.69 Å². The number of alkyl halides is 3. The van der Waals surface area contributed by atoms with Crippen LogP contribution in [0, 0.1) is 18.3 Å². The molecule has 0 aliphatic carbocycles. The van der Waals surface area contributed by atoms with Crippen molar-refractivity contribution in [3.63, 3.8) is 0 Å². The van der Waals surface area contributed by atoms with Crippen molar-refractivity contribution < 1.29 is 22.7 Å². The maximum atomic E-state index is 12.8. The first kappa shape index (κ1) is 22.7. The number of hydrogen-bond donors (Lipinski definition) is 0. The summed E-state index contributed by atoms with van der Waals surface area (Å²) in [5, 5.41) is 17.9. The molecule has 0 spiro atoms. The molecule has 0 aliphatic heterocycles. The van der Waals surface area contributed by atoms with E-state index in [1.54, 1.807) is 48.5 Å². The molecule has 0 atom stereocenters. The summed E-state index contributed by atoms with van der Waals surface area (Å²) in [6.07, 6.45) is -3.38. The van der Waals surface area contributed by atoms with E-state index in [1.165, 1.54) is 6.07 Å². The van der Waals surface area contributed by atoms with Crippen molar-refractivity contribution in [1.82, 2.24) is 20.0 Å². The van der Waals surface area contributed by atoms with Gasteiger partial charge in [0.25, 0.3) is 0 Å². The monoisotopic (exact) mass is 463 g/mol. The van der Waals surface area contributed by atoms with Gasteiger partial charge in [-0.3, -0.25) is 4.98 Å². The molecule has 4 aromatic rings. The Hall–Kier alpha value is -4.52. The van der Waals surface area contributed by atoms with Gasteiger partial charge in [-0.15, -0.1) is 15.0 Å². The van der Waals surface area contributed by atoms with E-state index in [0.29, 0.717) is 22.3 Å². The van der Waals surface area contributed by atoms with E-state index in [-0.39, 0.29) is 18.1 Å². The van der Waals surface area contributed by atoms with Gasteiger partial charge in [-0.2, -0.15) is 18.4 Å². The normalized spacial score (nSPS) is 11.1. The molecule has 34 heavy (non-hydrogen) atoms. The van der Waals surface area contributed by atoms with Crippen LogP contribution < -0.4 is 0 Å². The first-order valence-corrected chi connectivity index (χ1v) is 9.97. The lowest BCUT2D eigenvalue weighted by Gasteiger charge is -2.09. The van der Waals surface area contributed by atoms with Gasteiger partial charge in [-0.25, -0.2) is 4.79 Å². The van der Waals surface area contributed by atoms with Gasteiger partial charge in [-0.05, 0) is 48.4 Å². The fourth-order valence-corrected chi connectivity index (χ4v) is 3.27. The Labute approximate surface area is 192 Å². The van der Waals surface area contributed by atoms with Crippen LogP contribution in [0.1, 0.15) is 27.3 Å². The third-order valence-corrected chi connectivity index (χ3v) is 4.82. The van der Waals surface area contributed by atoms with Crippen molar-refractivity contribution in [3.05, 3.63) is 89.4 Å². The Morgan fingerprint density at radius 2 is 1.76 bits per heavy atom. The number of nitriles is 1. The summed E-state index contributed by atoms with van der Waals surface area (Å²) in [5.74, 6) is -0.564. The molecule has 2 aromatic heterocycles. The highest BCUT2D eigenvalue weighted by molar-refractivity contribution is 5.89.